The Kier molecular flexibility index (Phi) is 5.17. The predicted molar refractivity (Wildman–Crippen MR) is 119 cm³/mol. The number of hydrogen-bond acceptors (Lipinski definition) is 2. The van der Waals surface area contributed by atoms with E-state index in [0.29, 0.717) is 5.56 Å². The van der Waals surface area contributed by atoms with Gasteiger partial charge in [-0.2, -0.15) is 0 Å². The van der Waals surface area contributed by atoms with Crippen LogP contribution in [0.5, 0.6) is 0 Å². The third kappa shape index (κ3) is 3.92. The summed E-state index contributed by atoms with van der Waals surface area (Å²) in [4.78, 5) is 28.1. The highest BCUT2D eigenvalue weighted by Crippen LogP contribution is 2.29. The van der Waals surface area contributed by atoms with E-state index in [1.54, 1.807) is 0 Å². The molecule has 0 radical (unpaired) electrons. The van der Waals surface area contributed by atoms with E-state index < -0.39 is 0 Å². The van der Waals surface area contributed by atoms with Gasteiger partial charge in [0.15, 0.2) is 5.78 Å². The number of Topliss-reactive ketones (excluding diaryl/α,β-unsaturated/α-hetero) is 1. The normalized spacial score (nSPS) is 11.1. The van der Waals surface area contributed by atoms with Crippen molar-refractivity contribution in [3.05, 3.63) is 77.4 Å². The van der Waals surface area contributed by atoms with Crippen LogP contribution in [0.4, 0.5) is 5.69 Å². The van der Waals surface area contributed by atoms with E-state index in [1.165, 1.54) is 10.9 Å². The van der Waals surface area contributed by atoms with Gasteiger partial charge in [0, 0.05) is 45.9 Å². The monoisotopic (exact) mass is 384 g/mol. The Balaban J connectivity index is 1.46. The number of aromatic amines is 1. The fourth-order valence-corrected chi connectivity index (χ4v) is 3.70. The molecule has 1 aromatic heterocycles. The Morgan fingerprint density at radius 1 is 0.931 bits per heavy atom. The first-order valence-electron chi connectivity index (χ1n) is 9.98. The van der Waals surface area contributed by atoms with Crippen molar-refractivity contribution in [2.45, 2.75) is 33.1 Å². The van der Waals surface area contributed by atoms with Gasteiger partial charge in [0.25, 0.3) is 0 Å². The van der Waals surface area contributed by atoms with E-state index in [9.17, 15) is 9.59 Å². The van der Waals surface area contributed by atoms with Gasteiger partial charge in [0.2, 0.25) is 5.91 Å². The van der Waals surface area contributed by atoms with Crippen molar-refractivity contribution in [3.63, 3.8) is 0 Å². The van der Waals surface area contributed by atoms with Gasteiger partial charge in [-0.25, -0.2) is 0 Å². The molecular formula is C25H24N2O2. The molecule has 0 atom stereocenters. The van der Waals surface area contributed by atoms with Crippen LogP contribution in [0.15, 0.2) is 60.7 Å². The second-order valence-corrected chi connectivity index (χ2v) is 7.42. The molecule has 0 fully saturated rings. The number of rotatable bonds is 6. The number of amides is 1. The van der Waals surface area contributed by atoms with Gasteiger partial charge in [-0.1, -0.05) is 61.0 Å². The number of anilines is 1. The van der Waals surface area contributed by atoms with Gasteiger partial charge in [0.1, 0.15) is 0 Å². The zero-order valence-corrected chi connectivity index (χ0v) is 16.7. The Bertz CT molecular complexity index is 1200. The van der Waals surface area contributed by atoms with Gasteiger partial charge >= 0.3 is 0 Å². The summed E-state index contributed by atoms with van der Waals surface area (Å²) in [6.07, 6.45) is 1.32. The number of ketones is 1. The third-order valence-corrected chi connectivity index (χ3v) is 5.34. The number of carbonyl (C=O) groups is 2. The quantitative estimate of drug-likeness (QED) is 0.413. The number of hydrogen-bond donors (Lipinski definition) is 2. The molecule has 4 nitrogen and oxygen atoms in total. The molecular weight excluding hydrogens is 360 g/mol. The fourth-order valence-electron chi connectivity index (χ4n) is 3.70. The molecule has 2 N–H and O–H groups in total. The van der Waals surface area contributed by atoms with Crippen molar-refractivity contribution in [1.82, 2.24) is 4.98 Å². The van der Waals surface area contributed by atoms with Crippen LogP contribution in [0.2, 0.25) is 0 Å². The maximum atomic E-state index is 12.3. The second-order valence-electron chi connectivity index (χ2n) is 7.42. The fraction of sp³-hybridized carbons (Fsp3) is 0.200. The highest BCUT2D eigenvalue weighted by Gasteiger charge is 2.11. The summed E-state index contributed by atoms with van der Waals surface area (Å²) >= 11 is 0. The first-order chi connectivity index (χ1) is 14.0. The number of aryl methyl sites for hydroxylation is 2. The molecule has 4 heteroatoms. The zero-order chi connectivity index (χ0) is 20.4. The van der Waals surface area contributed by atoms with Crippen LogP contribution < -0.4 is 5.32 Å². The Morgan fingerprint density at radius 2 is 1.72 bits per heavy atom. The predicted octanol–water partition coefficient (Wildman–Crippen LogP) is 5.79. The summed E-state index contributed by atoms with van der Waals surface area (Å²) in [6.45, 7) is 4.12. The van der Waals surface area contributed by atoms with Crippen molar-refractivity contribution >= 4 is 39.2 Å². The lowest BCUT2D eigenvalue weighted by molar-refractivity contribution is -0.116. The molecule has 0 spiro atoms. The lowest BCUT2D eigenvalue weighted by Crippen LogP contribution is -2.13. The number of para-hydroxylation sites is 1. The number of fused-ring (bicyclic) bond motifs is 3. The largest absolute Gasteiger partial charge is 0.354 e. The van der Waals surface area contributed by atoms with Crippen LogP contribution in [0.1, 0.15) is 41.3 Å². The van der Waals surface area contributed by atoms with Crippen LogP contribution in [-0.4, -0.2) is 16.7 Å². The Morgan fingerprint density at radius 3 is 2.48 bits per heavy atom. The SMILES string of the molecule is CCc1cccc2c1[nH]c1cc(NC(=O)CCC(=O)c3ccc(C)cc3)ccc12. The summed E-state index contributed by atoms with van der Waals surface area (Å²) in [5.41, 5.74) is 5.91. The molecule has 0 aliphatic heterocycles. The van der Waals surface area contributed by atoms with Crippen LogP contribution in [-0.2, 0) is 11.2 Å². The lowest BCUT2D eigenvalue weighted by Gasteiger charge is -2.06. The summed E-state index contributed by atoms with van der Waals surface area (Å²) in [5.74, 6) is -0.173. The summed E-state index contributed by atoms with van der Waals surface area (Å²) < 4.78 is 0. The number of H-pyrrole nitrogens is 1. The first kappa shape index (κ1) is 18.9. The van der Waals surface area contributed by atoms with Gasteiger partial charge in [-0.05, 0) is 31.0 Å². The molecule has 0 aliphatic rings. The third-order valence-electron chi connectivity index (χ3n) is 5.34. The Hall–Kier alpha value is -3.40. The van der Waals surface area contributed by atoms with E-state index in [2.05, 4.69) is 35.4 Å². The molecule has 4 rings (SSSR count). The molecule has 29 heavy (non-hydrogen) atoms. The number of benzene rings is 3. The van der Waals surface area contributed by atoms with Gasteiger partial charge in [-0.15, -0.1) is 0 Å². The van der Waals surface area contributed by atoms with Gasteiger partial charge in [-0.3, -0.25) is 9.59 Å². The molecule has 0 unspecified atom stereocenters. The van der Waals surface area contributed by atoms with E-state index in [1.807, 2.05) is 49.4 Å². The first-order valence-corrected chi connectivity index (χ1v) is 9.98. The van der Waals surface area contributed by atoms with Crippen LogP contribution >= 0.6 is 0 Å². The Labute approximate surface area is 169 Å². The van der Waals surface area contributed by atoms with E-state index in [-0.39, 0.29) is 24.5 Å². The molecule has 1 amide bonds. The molecule has 4 aromatic rings. The molecule has 0 bridgehead atoms. The van der Waals surface area contributed by atoms with Crippen LogP contribution in [0.3, 0.4) is 0 Å². The van der Waals surface area contributed by atoms with Gasteiger partial charge in [0.05, 0.1) is 0 Å². The van der Waals surface area contributed by atoms with Crippen molar-refractivity contribution in [1.29, 1.82) is 0 Å². The average Bonchev–Trinajstić information content (AvgIpc) is 3.10. The highest BCUT2D eigenvalue weighted by molar-refractivity contribution is 6.09. The van der Waals surface area contributed by atoms with Crippen LogP contribution in [0, 0.1) is 6.92 Å². The second kappa shape index (κ2) is 7.92. The highest BCUT2D eigenvalue weighted by atomic mass is 16.2. The zero-order valence-electron chi connectivity index (χ0n) is 16.7. The minimum atomic E-state index is -0.157. The van der Waals surface area contributed by atoms with Crippen molar-refractivity contribution < 1.29 is 9.59 Å². The minimum Gasteiger partial charge on any atom is -0.354 e. The molecule has 0 saturated heterocycles. The molecule has 1 heterocycles. The van der Waals surface area contributed by atoms with E-state index >= 15 is 0 Å². The van der Waals surface area contributed by atoms with Crippen molar-refractivity contribution in [2.75, 3.05) is 5.32 Å². The summed E-state index contributed by atoms with van der Waals surface area (Å²) in [7, 11) is 0. The minimum absolute atomic E-state index is 0.0154. The maximum Gasteiger partial charge on any atom is 0.224 e. The van der Waals surface area contributed by atoms with Crippen molar-refractivity contribution in [3.8, 4) is 0 Å². The van der Waals surface area contributed by atoms with Gasteiger partial charge < -0.3 is 10.3 Å². The maximum absolute atomic E-state index is 12.3. The smallest absolute Gasteiger partial charge is 0.224 e. The standard InChI is InChI=1S/C25H24N2O2/c1-3-17-5-4-6-21-20-12-11-19(15-22(20)27-25(17)21)26-24(29)14-13-23(28)18-9-7-16(2)8-10-18/h4-12,15,27H,3,13-14H2,1-2H3,(H,26,29). The molecule has 3 aromatic carbocycles. The van der Waals surface area contributed by atoms with Crippen molar-refractivity contribution in [2.24, 2.45) is 0 Å². The van der Waals surface area contributed by atoms with Crippen LogP contribution in [0.25, 0.3) is 21.8 Å². The molecule has 0 aliphatic carbocycles. The van der Waals surface area contributed by atoms with E-state index in [4.69, 9.17) is 0 Å². The van der Waals surface area contributed by atoms with E-state index in [0.717, 1.165) is 34.1 Å². The average molecular weight is 384 g/mol. The number of carbonyl (C=O) groups excluding carboxylic acids is 2. The number of aromatic nitrogens is 1. The molecule has 0 saturated carbocycles. The topological polar surface area (TPSA) is 62.0 Å². The summed E-state index contributed by atoms with van der Waals surface area (Å²) in [6, 6.07) is 19.7. The number of nitrogens with one attached hydrogen (secondary N) is 2. The molecule has 146 valence electrons. The summed E-state index contributed by atoms with van der Waals surface area (Å²) in [5, 5.41) is 5.25. The lowest BCUT2D eigenvalue weighted by atomic mass is 10.0.